The van der Waals surface area contributed by atoms with Gasteiger partial charge < -0.3 is 16.0 Å². The van der Waals surface area contributed by atoms with Gasteiger partial charge in [-0.3, -0.25) is 4.79 Å². The number of hydrogen-bond donors (Lipinski definition) is 3. The number of aliphatic imine (C=N–C) groups is 1. The Labute approximate surface area is 159 Å². The van der Waals surface area contributed by atoms with E-state index in [4.69, 9.17) is 11.6 Å². The fourth-order valence-corrected chi connectivity index (χ4v) is 1.80. The highest BCUT2D eigenvalue weighted by molar-refractivity contribution is 14.0. The molecule has 130 valence electrons. The summed E-state index contributed by atoms with van der Waals surface area (Å²) in [6, 6.07) is 3.72. The summed E-state index contributed by atoms with van der Waals surface area (Å²) in [5, 5.41) is 9.59. The van der Waals surface area contributed by atoms with Crippen molar-refractivity contribution < 1.29 is 4.79 Å². The van der Waals surface area contributed by atoms with Gasteiger partial charge in [-0.1, -0.05) is 24.6 Å². The van der Waals surface area contributed by atoms with Gasteiger partial charge in [0.05, 0.1) is 0 Å². The summed E-state index contributed by atoms with van der Waals surface area (Å²) in [7, 11) is 0. The topological polar surface area (TPSA) is 78.4 Å². The maximum atomic E-state index is 11.5. The number of pyridine rings is 1. The molecule has 0 aliphatic rings. The zero-order valence-corrected chi connectivity index (χ0v) is 16.6. The van der Waals surface area contributed by atoms with Gasteiger partial charge in [-0.15, -0.1) is 24.0 Å². The van der Waals surface area contributed by atoms with E-state index in [1.807, 2.05) is 19.9 Å². The number of carbonyl (C=O) groups is 1. The van der Waals surface area contributed by atoms with Crippen molar-refractivity contribution in [3.63, 3.8) is 0 Å². The molecule has 6 nitrogen and oxygen atoms in total. The summed E-state index contributed by atoms with van der Waals surface area (Å²) in [4.78, 5) is 19.8. The zero-order chi connectivity index (χ0) is 16.2. The highest BCUT2D eigenvalue weighted by Crippen LogP contribution is 2.05. The summed E-state index contributed by atoms with van der Waals surface area (Å²) in [5.41, 5.74) is 1.09. The van der Waals surface area contributed by atoms with Crippen LogP contribution in [0.15, 0.2) is 23.3 Å². The van der Waals surface area contributed by atoms with Crippen LogP contribution in [0.2, 0.25) is 5.15 Å². The summed E-state index contributed by atoms with van der Waals surface area (Å²) in [5.74, 6) is 0.567. The largest absolute Gasteiger partial charge is 0.357 e. The summed E-state index contributed by atoms with van der Waals surface area (Å²) in [6.45, 7) is 6.24. The van der Waals surface area contributed by atoms with Gasteiger partial charge in [-0.05, 0) is 31.4 Å². The van der Waals surface area contributed by atoms with E-state index >= 15 is 0 Å². The predicted molar refractivity (Wildman–Crippen MR) is 106 cm³/mol. The lowest BCUT2D eigenvalue weighted by atomic mass is 10.2. The number of carbonyl (C=O) groups excluding carboxylic acids is 1. The molecular weight excluding hydrogens is 429 g/mol. The molecule has 8 heteroatoms. The maximum absolute atomic E-state index is 11.5. The van der Waals surface area contributed by atoms with E-state index in [0.29, 0.717) is 24.2 Å². The smallest absolute Gasteiger partial charge is 0.241 e. The first-order chi connectivity index (χ1) is 10.7. The highest BCUT2D eigenvalue weighted by atomic mass is 127. The average molecular weight is 454 g/mol. The van der Waals surface area contributed by atoms with Crippen LogP contribution in [0.25, 0.3) is 0 Å². The Morgan fingerprint density at radius 2 is 2.00 bits per heavy atom. The van der Waals surface area contributed by atoms with Gasteiger partial charge in [0, 0.05) is 25.8 Å². The van der Waals surface area contributed by atoms with Gasteiger partial charge in [0.15, 0.2) is 5.96 Å². The zero-order valence-electron chi connectivity index (χ0n) is 13.6. The number of hydrogen-bond acceptors (Lipinski definition) is 3. The number of halogens is 2. The molecule has 0 spiro atoms. The molecule has 0 bridgehead atoms. The minimum absolute atomic E-state index is 0. The molecule has 0 atom stereocenters. The van der Waals surface area contributed by atoms with Crippen molar-refractivity contribution >= 4 is 47.4 Å². The van der Waals surface area contributed by atoms with Crippen LogP contribution in [0.3, 0.4) is 0 Å². The Bertz CT molecular complexity index is 481. The van der Waals surface area contributed by atoms with Crippen molar-refractivity contribution in [1.82, 2.24) is 20.9 Å². The maximum Gasteiger partial charge on any atom is 0.241 e. The highest BCUT2D eigenvalue weighted by Gasteiger charge is 2.01. The van der Waals surface area contributed by atoms with Crippen molar-refractivity contribution in [3.8, 4) is 0 Å². The lowest BCUT2D eigenvalue weighted by Crippen LogP contribution is -2.39. The average Bonchev–Trinajstić information content (AvgIpc) is 2.52. The minimum Gasteiger partial charge on any atom is -0.357 e. The van der Waals surface area contributed by atoms with E-state index in [2.05, 4.69) is 25.9 Å². The second-order valence-electron chi connectivity index (χ2n) is 4.71. The number of aromatic nitrogens is 1. The third-order valence-corrected chi connectivity index (χ3v) is 3.02. The van der Waals surface area contributed by atoms with Crippen LogP contribution < -0.4 is 16.0 Å². The molecule has 0 unspecified atom stereocenters. The number of rotatable bonds is 8. The van der Waals surface area contributed by atoms with Crippen LogP contribution in [-0.2, 0) is 11.2 Å². The van der Waals surface area contributed by atoms with Gasteiger partial charge in [0.1, 0.15) is 11.7 Å². The van der Waals surface area contributed by atoms with Crippen LogP contribution in [0.4, 0.5) is 0 Å². The second-order valence-corrected chi connectivity index (χ2v) is 5.10. The van der Waals surface area contributed by atoms with Crippen molar-refractivity contribution in [2.45, 2.75) is 26.7 Å². The first-order valence-corrected chi connectivity index (χ1v) is 7.92. The standard InChI is InChI=1S/C15H24ClN5O.HI/c1-3-8-18-14(22)11-21-15(17-4-2)19-9-7-12-5-6-13(16)20-10-12;/h5-6,10H,3-4,7-9,11H2,1-2H3,(H,18,22)(H2,17,19,21);1H. The number of nitrogens with one attached hydrogen (secondary N) is 3. The Morgan fingerprint density at radius 3 is 2.61 bits per heavy atom. The van der Waals surface area contributed by atoms with Gasteiger partial charge in [-0.25, -0.2) is 9.98 Å². The van der Waals surface area contributed by atoms with E-state index in [1.54, 1.807) is 12.3 Å². The SMILES string of the molecule is CCCNC(=O)CN=C(NCC)NCCc1ccc(Cl)nc1.I. The molecule has 0 radical (unpaired) electrons. The first-order valence-electron chi connectivity index (χ1n) is 7.55. The molecule has 1 aromatic rings. The molecule has 0 aliphatic carbocycles. The fourth-order valence-electron chi connectivity index (χ4n) is 1.69. The number of nitrogens with zero attached hydrogens (tertiary/aromatic N) is 2. The number of guanidine groups is 1. The molecule has 0 aliphatic heterocycles. The van der Waals surface area contributed by atoms with E-state index in [-0.39, 0.29) is 36.4 Å². The predicted octanol–water partition coefficient (Wildman–Crippen LogP) is 1.98. The first kappa shape index (κ1) is 21.9. The van der Waals surface area contributed by atoms with Crippen LogP contribution in [-0.4, -0.2) is 43.0 Å². The molecule has 3 N–H and O–H groups in total. The molecule has 0 fully saturated rings. The summed E-state index contributed by atoms with van der Waals surface area (Å²) in [6.07, 6.45) is 3.48. The van der Waals surface area contributed by atoms with E-state index in [1.165, 1.54) is 0 Å². The van der Waals surface area contributed by atoms with E-state index in [9.17, 15) is 4.79 Å². The molecule has 23 heavy (non-hydrogen) atoms. The summed E-state index contributed by atoms with van der Waals surface area (Å²) < 4.78 is 0. The van der Waals surface area contributed by atoms with E-state index < -0.39 is 0 Å². The lowest BCUT2D eigenvalue weighted by molar-refractivity contribution is -0.119. The molecule has 0 aromatic carbocycles. The van der Waals surface area contributed by atoms with Crippen LogP contribution in [0, 0.1) is 0 Å². The molecule has 1 amide bonds. The molecule has 0 saturated carbocycles. The van der Waals surface area contributed by atoms with Crippen LogP contribution in [0.1, 0.15) is 25.8 Å². The van der Waals surface area contributed by atoms with Crippen LogP contribution >= 0.6 is 35.6 Å². The molecule has 1 heterocycles. The van der Waals surface area contributed by atoms with Gasteiger partial charge >= 0.3 is 0 Å². The second kappa shape index (κ2) is 13.4. The van der Waals surface area contributed by atoms with Gasteiger partial charge in [0.2, 0.25) is 5.91 Å². The monoisotopic (exact) mass is 453 g/mol. The lowest BCUT2D eigenvalue weighted by Gasteiger charge is -2.11. The normalized spacial score (nSPS) is 10.7. The van der Waals surface area contributed by atoms with Crippen molar-refractivity contribution in [1.29, 1.82) is 0 Å². The minimum atomic E-state index is -0.0686. The molecule has 1 rings (SSSR count). The van der Waals surface area contributed by atoms with Crippen molar-refractivity contribution in [2.75, 3.05) is 26.2 Å². The Morgan fingerprint density at radius 1 is 1.22 bits per heavy atom. The molecule has 1 aromatic heterocycles. The molecular formula is C15H25ClIN5O. The quantitative estimate of drug-likeness (QED) is 0.243. The van der Waals surface area contributed by atoms with Gasteiger partial charge in [0.25, 0.3) is 0 Å². The third kappa shape index (κ3) is 10.3. The Hall–Kier alpha value is -1.09. The Balaban J connectivity index is 0.00000484. The van der Waals surface area contributed by atoms with Crippen molar-refractivity contribution in [3.05, 3.63) is 29.0 Å². The van der Waals surface area contributed by atoms with E-state index in [0.717, 1.165) is 24.9 Å². The Kier molecular flexibility index (Phi) is 12.7. The van der Waals surface area contributed by atoms with Crippen molar-refractivity contribution in [2.24, 2.45) is 4.99 Å². The van der Waals surface area contributed by atoms with Crippen LogP contribution in [0.5, 0.6) is 0 Å². The summed E-state index contributed by atoms with van der Waals surface area (Å²) >= 11 is 5.75. The third-order valence-electron chi connectivity index (χ3n) is 2.79. The van der Waals surface area contributed by atoms with Gasteiger partial charge in [-0.2, -0.15) is 0 Å². The fraction of sp³-hybridized carbons (Fsp3) is 0.533. The number of amides is 1. The molecule has 0 saturated heterocycles.